The number of likely N-dealkylation sites (tertiary alicyclic amines) is 2. The number of piperidine rings is 1. The lowest BCUT2D eigenvalue weighted by molar-refractivity contribution is -0.127. The molecule has 0 aromatic carbocycles. The Morgan fingerprint density at radius 3 is 2.08 bits per heavy atom. The average Bonchev–Trinajstić information content (AvgIpc) is 3.21. The number of amides is 3. The number of hydrogen-bond donors (Lipinski definition) is 2. The molecule has 3 rings (SSSR count). The van der Waals surface area contributed by atoms with Gasteiger partial charge in [-0.2, -0.15) is 0 Å². The summed E-state index contributed by atoms with van der Waals surface area (Å²) in [7, 11) is 0. The fourth-order valence-corrected chi connectivity index (χ4v) is 4.65. The van der Waals surface area contributed by atoms with Gasteiger partial charge >= 0.3 is 6.03 Å². The predicted octanol–water partition coefficient (Wildman–Crippen LogP) is 1.94. The molecule has 2 heterocycles. The molecule has 2 aliphatic heterocycles. The van der Waals surface area contributed by atoms with Crippen molar-refractivity contribution >= 4 is 11.9 Å². The minimum atomic E-state index is 0.0280. The molecule has 2 saturated heterocycles. The molecule has 1 aliphatic carbocycles. The molecule has 0 aromatic heterocycles. The largest absolute Gasteiger partial charge is 0.352 e. The molecule has 3 N–H and O–H groups in total. The molecule has 1 atom stereocenters. The van der Waals surface area contributed by atoms with Crippen LogP contribution in [0.25, 0.3) is 0 Å². The third-order valence-corrected chi connectivity index (χ3v) is 6.31. The number of nitrogens with zero attached hydrogens (tertiary/aromatic N) is 2. The Bertz CT molecular complexity index is 450. The Hall–Kier alpha value is -1.30. The highest BCUT2D eigenvalue weighted by molar-refractivity contribution is 5.80. The number of nitrogens with one attached hydrogen (secondary N) is 1. The summed E-state index contributed by atoms with van der Waals surface area (Å²) in [4.78, 5) is 29.0. The molecule has 0 aromatic rings. The van der Waals surface area contributed by atoms with Gasteiger partial charge in [0.25, 0.3) is 0 Å². The van der Waals surface area contributed by atoms with E-state index in [4.69, 9.17) is 5.73 Å². The van der Waals surface area contributed by atoms with Crippen LogP contribution in [-0.2, 0) is 4.79 Å². The molecule has 3 amide bonds. The van der Waals surface area contributed by atoms with Gasteiger partial charge in [-0.1, -0.05) is 19.3 Å². The first-order valence-electron chi connectivity index (χ1n) is 10.2. The van der Waals surface area contributed by atoms with Gasteiger partial charge in [0, 0.05) is 44.7 Å². The summed E-state index contributed by atoms with van der Waals surface area (Å²) >= 11 is 0. The van der Waals surface area contributed by atoms with Gasteiger partial charge in [0.15, 0.2) is 0 Å². The van der Waals surface area contributed by atoms with Gasteiger partial charge in [0.2, 0.25) is 5.91 Å². The summed E-state index contributed by atoms with van der Waals surface area (Å²) in [6.45, 7) is 3.70. The first kappa shape index (κ1) is 18.5. The van der Waals surface area contributed by atoms with E-state index in [0.29, 0.717) is 25.6 Å². The van der Waals surface area contributed by atoms with Gasteiger partial charge in [-0.25, -0.2) is 4.79 Å². The average molecular weight is 351 g/mol. The first-order chi connectivity index (χ1) is 12.2. The van der Waals surface area contributed by atoms with E-state index in [0.717, 1.165) is 38.8 Å². The molecular formula is C19H34N4O2. The molecule has 3 fully saturated rings. The fourth-order valence-electron chi connectivity index (χ4n) is 4.65. The van der Waals surface area contributed by atoms with Crippen LogP contribution in [0.5, 0.6) is 0 Å². The molecule has 3 aliphatic rings. The molecule has 25 heavy (non-hydrogen) atoms. The number of urea groups is 1. The van der Waals surface area contributed by atoms with E-state index in [1.807, 2.05) is 9.80 Å². The van der Waals surface area contributed by atoms with Crippen molar-refractivity contribution in [2.24, 2.45) is 17.6 Å². The minimum Gasteiger partial charge on any atom is -0.352 e. The van der Waals surface area contributed by atoms with Crippen LogP contribution >= 0.6 is 0 Å². The molecule has 0 bridgehead atoms. The molecule has 0 spiro atoms. The van der Waals surface area contributed by atoms with Crippen molar-refractivity contribution in [3.05, 3.63) is 0 Å². The number of carbonyl (C=O) groups excluding carboxylic acids is 2. The van der Waals surface area contributed by atoms with Crippen LogP contribution in [0.15, 0.2) is 0 Å². The third-order valence-electron chi connectivity index (χ3n) is 6.31. The summed E-state index contributed by atoms with van der Waals surface area (Å²) < 4.78 is 0. The van der Waals surface area contributed by atoms with E-state index in [9.17, 15) is 9.59 Å². The SMILES string of the molecule is NCC(NC(=O)C1CCN(C(=O)N2CCCC2)CC1)C1CCCCC1. The Labute approximate surface area is 151 Å². The van der Waals surface area contributed by atoms with Crippen LogP contribution in [0.1, 0.15) is 57.8 Å². The maximum atomic E-state index is 12.7. The topological polar surface area (TPSA) is 78.7 Å². The van der Waals surface area contributed by atoms with Gasteiger partial charge < -0.3 is 20.9 Å². The minimum absolute atomic E-state index is 0.0280. The zero-order valence-corrected chi connectivity index (χ0v) is 15.4. The van der Waals surface area contributed by atoms with Crippen molar-refractivity contribution < 1.29 is 9.59 Å². The van der Waals surface area contributed by atoms with Crippen molar-refractivity contribution in [2.75, 3.05) is 32.7 Å². The lowest BCUT2D eigenvalue weighted by Gasteiger charge is -2.35. The van der Waals surface area contributed by atoms with Crippen molar-refractivity contribution in [3.63, 3.8) is 0 Å². The normalized spacial score (nSPS) is 24.4. The second-order valence-corrected chi connectivity index (χ2v) is 7.99. The van der Waals surface area contributed by atoms with E-state index in [1.165, 1.54) is 32.1 Å². The molecule has 6 nitrogen and oxygen atoms in total. The van der Waals surface area contributed by atoms with Crippen molar-refractivity contribution in [2.45, 2.75) is 63.8 Å². The quantitative estimate of drug-likeness (QED) is 0.813. The maximum absolute atomic E-state index is 12.7. The van der Waals surface area contributed by atoms with E-state index < -0.39 is 0 Å². The van der Waals surface area contributed by atoms with Crippen molar-refractivity contribution in [1.29, 1.82) is 0 Å². The second kappa shape index (κ2) is 8.88. The zero-order valence-electron chi connectivity index (χ0n) is 15.4. The molecule has 142 valence electrons. The number of rotatable bonds is 4. The highest BCUT2D eigenvalue weighted by Gasteiger charge is 2.32. The summed E-state index contributed by atoms with van der Waals surface area (Å²) in [5.41, 5.74) is 5.94. The predicted molar refractivity (Wildman–Crippen MR) is 98.1 cm³/mol. The monoisotopic (exact) mass is 350 g/mol. The van der Waals surface area contributed by atoms with Crippen molar-refractivity contribution in [3.8, 4) is 0 Å². The Morgan fingerprint density at radius 1 is 0.880 bits per heavy atom. The number of carbonyl (C=O) groups is 2. The van der Waals surface area contributed by atoms with E-state index in [-0.39, 0.29) is 23.9 Å². The third kappa shape index (κ3) is 4.66. The summed E-state index contributed by atoms with van der Waals surface area (Å²) in [6, 6.07) is 0.287. The second-order valence-electron chi connectivity index (χ2n) is 7.99. The molecule has 6 heteroatoms. The number of nitrogens with two attached hydrogens (primary N) is 1. The summed E-state index contributed by atoms with van der Waals surface area (Å²) in [5, 5.41) is 3.23. The van der Waals surface area contributed by atoms with E-state index in [1.54, 1.807) is 0 Å². The molecule has 1 unspecified atom stereocenters. The van der Waals surface area contributed by atoms with Crippen LogP contribution in [0, 0.1) is 11.8 Å². The Morgan fingerprint density at radius 2 is 1.48 bits per heavy atom. The zero-order chi connectivity index (χ0) is 17.6. The van der Waals surface area contributed by atoms with Gasteiger partial charge in [-0.3, -0.25) is 4.79 Å². The van der Waals surface area contributed by atoms with Gasteiger partial charge in [0.05, 0.1) is 0 Å². The molecule has 0 radical (unpaired) electrons. The molecule has 1 saturated carbocycles. The van der Waals surface area contributed by atoms with Crippen LogP contribution < -0.4 is 11.1 Å². The summed E-state index contributed by atoms with van der Waals surface area (Å²) in [5.74, 6) is 0.717. The lowest BCUT2D eigenvalue weighted by atomic mass is 9.83. The molecular weight excluding hydrogens is 316 g/mol. The van der Waals surface area contributed by atoms with E-state index in [2.05, 4.69) is 5.32 Å². The standard InChI is InChI=1S/C19H34N4O2/c20-14-17(15-6-2-1-3-7-15)21-18(24)16-8-12-23(13-9-16)19(25)22-10-4-5-11-22/h15-17H,1-14,20H2,(H,21,24). The van der Waals surface area contributed by atoms with Crippen LogP contribution in [0.2, 0.25) is 0 Å². The summed E-state index contributed by atoms with van der Waals surface area (Å²) in [6.07, 6.45) is 9.97. The fraction of sp³-hybridized carbons (Fsp3) is 0.895. The lowest BCUT2D eigenvalue weighted by Crippen LogP contribution is -2.51. The Balaban J connectivity index is 1.45. The Kier molecular flexibility index (Phi) is 6.57. The van der Waals surface area contributed by atoms with Gasteiger partial charge in [0.1, 0.15) is 0 Å². The van der Waals surface area contributed by atoms with Crippen LogP contribution in [-0.4, -0.2) is 60.5 Å². The smallest absolute Gasteiger partial charge is 0.319 e. The maximum Gasteiger partial charge on any atom is 0.319 e. The van der Waals surface area contributed by atoms with Crippen molar-refractivity contribution in [1.82, 2.24) is 15.1 Å². The highest BCUT2D eigenvalue weighted by Crippen LogP contribution is 2.27. The van der Waals surface area contributed by atoms with Gasteiger partial charge in [-0.15, -0.1) is 0 Å². The van der Waals surface area contributed by atoms with Gasteiger partial charge in [-0.05, 0) is 44.4 Å². The van der Waals surface area contributed by atoms with Crippen LogP contribution in [0.3, 0.4) is 0 Å². The number of hydrogen-bond acceptors (Lipinski definition) is 3. The van der Waals surface area contributed by atoms with Crippen LogP contribution in [0.4, 0.5) is 4.79 Å². The highest BCUT2D eigenvalue weighted by atomic mass is 16.2. The van der Waals surface area contributed by atoms with E-state index >= 15 is 0 Å². The first-order valence-corrected chi connectivity index (χ1v) is 10.2.